The third-order valence-corrected chi connectivity index (χ3v) is 3.65. The molecule has 1 aromatic carbocycles. The minimum absolute atomic E-state index is 0.165. The minimum Gasteiger partial charge on any atom is -0.396 e. The van der Waals surface area contributed by atoms with Gasteiger partial charge in [-0.05, 0) is 44.0 Å². The van der Waals surface area contributed by atoms with Crippen LogP contribution in [-0.4, -0.2) is 9.38 Å². The van der Waals surface area contributed by atoms with Gasteiger partial charge in [-0.25, -0.2) is 4.98 Å². The summed E-state index contributed by atoms with van der Waals surface area (Å²) in [7, 11) is 0. The molecular formula is C17H18N4O. The van der Waals surface area contributed by atoms with Crippen LogP contribution in [0.4, 0.5) is 17.2 Å². The molecule has 2 heterocycles. The molecule has 2 aromatic heterocycles. The zero-order valence-corrected chi connectivity index (χ0v) is 12.8. The molecule has 0 atom stereocenters. The molecule has 5 heteroatoms. The van der Waals surface area contributed by atoms with Gasteiger partial charge in [-0.3, -0.25) is 9.20 Å². The van der Waals surface area contributed by atoms with Gasteiger partial charge in [0.1, 0.15) is 5.82 Å². The van der Waals surface area contributed by atoms with Crippen LogP contribution in [0.15, 0.2) is 41.3 Å². The van der Waals surface area contributed by atoms with Gasteiger partial charge in [0, 0.05) is 18.0 Å². The van der Waals surface area contributed by atoms with Crippen LogP contribution in [0.2, 0.25) is 0 Å². The fraction of sp³-hybridized carbons (Fsp3) is 0.176. The van der Waals surface area contributed by atoms with Crippen LogP contribution < -0.4 is 16.6 Å². The molecule has 0 aliphatic carbocycles. The zero-order chi connectivity index (χ0) is 15.9. The highest BCUT2D eigenvalue weighted by Gasteiger charge is 2.08. The maximum Gasteiger partial charge on any atom is 0.260 e. The lowest BCUT2D eigenvalue weighted by molar-refractivity contribution is 1.05. The summed E-state index contributed by atoms with van der Waals surface area (Å²) in [4.78, 5) is 16.7. The first-order valence-corrected chi connectivity index (χ1v) is 7.08. The van der Waals surface area contributed by atoms with Crippen LogP contribution in [0, 0.1) is 20.8 Å². The van der Waals surface area contributed by atoms with E-state index in [4.69, 9.17) is 5.73 Å². The number of hydrogen-bond donors (Lipinski definition) is 2. The van der Waals surface area contributed by atoms with Gasteiger partial charge in [0.25, 0.3) is 5.56 Å². The second kappa shape index (κ2) is 5.18. The van der Waals surface area contributed by atoms with Crippen LogP contribution in [0.3, 0.4) is 0 Å². The van der Waals surface area contributed by atoms with Crippen LogP contribution in [-0.2, 0) is 0 Å². The number of rotatable bonds is 2. The lowest BCUT2D eigenvalue weighted by atomic mass is 10.1. The molecule has 0 spiro atoms. The topological polar surface area (TPSA) is 72.4 Å². The van der Waals surface area contributed by atoms with Gasteiger partial charge in [-0.15, -0.1) is 0 Å². The molecule has 0 unspecified atom stereocenters. The molecule has 0 aliphatic rings. The fourth-order valence-electron chi connectivity index (χ4n) is 2.72. The van der Waals surface area contributed by atoms with Gasteiger partial charge in [-0.2, -0.15) is 0 Å². The molecule has 0 aliphatic heterocycles. The minimum atomic E-state index is -0.165. The highest BCUT2D eigenvalue weighted by Crippen LogP contribution is 2.25. The highest BCUT2D eigenvalue weighted by molar-refractivity contribution is 5.70. The quantitative estimate of drug-likeness (QED) is 0.762. The maximum absolute atomic E-state index is 12.2. The number of anilines is 3. The largest absolute Gasteiger partial charge is 0.396 e. The summed E-state index contributed by atoms with van der Waals surface area (Å²) in [5.41, 5.74) is 11.1. The van der Waals surface area contributed by atoms with Crippen LogP contribution in [0.25, 0.3) is 5.65 Å². The molecule has 0 bridgehead atoms. The number of aryl methyl sites for hydroxylation is 3. The van der Waals surface area contributed by atoms with Crippen molar-refractivity contribution in [2.24, 2.45) is 0 Å². The van der Waals surface area contributed by atoms with Crippen molar-refractivity contribution in [1.29, 1.82) is 0 Å². The van der Waals surface area contributed by atoms with Gasteiger partial charge in [0.15, 0.2) is 5.65 Å². The molecule has 3 rings (SSSR count). The highest BCUT2D eigenvalue weighted by atomic mass is 16.1. The van der Waals surface area contributed by atoms with Gasteiger partial charge >= 0.3 is 0 Å². The first-order chi connectivity index (χ1) is 10.5. The summed E-state index contributed by atoms with van der Waals surface area (Å²) in [6.07, 6.45) is 1.66. The Morgan fingerprint density at radius 2 is 1.82 bits per heavy atom. The van der Waals surface area contributed by atoms with E-state index in [1.807, 2.05) is 13.8 Å². The average Bonchev–Trinajstić information content (AvgIpc) is 2.44. The monoisotopic (exact) mass is 294 g/mol. The van der Waals surface area contributed by atoms with Crippen LogP contribution in [0.1, 0.15) is 16.7 Å². The van der Waals surface area contributed by atoms with Crippen LogP contribution >= 0.6 is 0 Å². The van der Waals surface area contributed by atoms with Crippen molar-refractivity contribution in [1.82, 2.24) is 9.38 Å². The van der Waals surface area contributed by atoms with Crippen molar-refractivity contribution in [2.75, 3.05) is 11.1 Å². The normalized spacial score (nSPS) is 10.9. The molecular weight excluding hydrogens is 276 g/mol. The summed E-state index contributed by atoms with van der Waals surface area (Å²) in [5, 5.41) is 3.25. The van der Waals surface area contributed by atoms with Crippen molar-refractivity contribution < 1.29 is 0 Å². The SMILES string of the molecule is Cc1cc(C)c(Nc2cc(=O)n3cccc(N)c3n2)c(C)c1. The van der Waals surface area contributed by atoms with Gasteiger partial charge in [0.2, 0.25) is 0 Å². The lowest BCUT2D eigenvalue weighted by Crippen LogP contribution is -2.16. The molecule has 0 saturated carbocycles. The van der Waals surface area contributed by atoms with E-state index in [1.54, 1.807) is 18.3 Å². The smallest absolute Gasteiger partial charge is 0.260 e. The summed E-state index contributed by atoms with van der Waals surface area (Å²) in [6, 6.07) is 9.13. The lowest BCUT2D eigenvalue weighted by Gasteiger charge is -2.14. The summed E-state index contributed by atoms with van der Waals surface area (Å²) in [6.45, 7) is 6.13. The molecule has 22 heavy (non-hydrogen) atoms. The third-order valence-electron chi connectivity index (χ3n) is 3.65. The summed E-state index contributed by atoms with van der Waals surface area (Å²) >= 11 is 0. The van der Waals surface area contributed by atoms with Gasteiger partial charge in [0.05, 0.1) is 5.69 Å². The van der Waals surface area contributed by atoms with Crippen molar-refractivity contribution in [2.45, 2.75) is 20.8 Å². The van der Waals surface area contributed by atoms with E-state index in [0.29, 0.717) is 17.2 Å². The molecule has 3 N–H and O–H groups in total. The van der Waals surface area contributed by atoms with Crippen molar-refractivity contribution >= 4 is 22.8 Å². The number of aromatic nitrogens is 2. The van der Waals surface area contributed by atoms with Crippen molar-refractivity contribution in [3.63, 3.8) is 0 Å². The molecule has 112 valence electrons. The Kier molecular flexibility index (Phi) is 3.33. The van der Waals surface area contributed by atoms with E-state index in [0.717, 1.165) is 16.8 Å². The average molecular weight is 294 g/mol. The Bertz CT molecular complexity index is 905. The maximum atomic E-state index is 12.2. The van der Waals surface area contributed by atoms with Crippen molar-refractivity contribution in [3.05, 3.63) is 63.6 Å². The number of nitrogens with one attached hydrogen (secondary N) is 1. The molecule has 0 fully saturated rings. The number of nitrogens with zero attached hydrogens (tertiary/aromatic N) is 2. The number of fused-ring (bicyclic) bond motifs is 1. The Hall–Kier alpha value is -2.82. The van der Waals surface area contributed by atoms with E-state index in [-0.39, 0.29) is 5.56 Å². The molecule has 5 nitrogen and oxygen atoms in total. The Morgan fingerprint density at radius 1 is 1.14 bits per heavy atom. The second-order valence-electron chi connectivity index (χ2n) is 5.54. The van der Waals surface area contributed by atoms with E-state index in [1.165, 1.54) is 16.0 Å². The van der Waals surface area contributed by atoms with Gasteiger partial charge < -0.3 is 11.1 Å². The number of nitrogen functional groups attached to an aromatic ring is 1. The fourth-order valence-corrected chi connectivity index (χ4v) is 2.72. The number of benzene rings is 1. The second-order valence-corrected chi connectivity index (χ2v) is 5.54. The molecule has 3 aromatic rings. The first-order valence-electron chi connectivity index (χ1n) is 7.08. The van der Waals surface area contributed by atoms with Crippen molar-refractivity contribution in [3.8, 4) is 0 Å². The number of pyridine rings is 1. The number of nitrogens with two attached hydrogens (primary N) is 1. The predicted molar refractivity (Wildman–Crippen MR) is 89.8 cm³/mol. The van der Waals surface area contributed by atoms with Crippen LogP contribution in [0.5, 0.6) is 0 Å². The Morgan fingerprint density at radius 3 is 2.50 bits per heavy atom. The third kappa shape index (κ3) is 2.41. The summed E-state index contributed by atoms with van der Waals surface area (Å²) in [5.74, 6) is 0.498. The Balaban J connectivity index is 2.13. The molecule has 0 radical (unpaired) electrons. The molecule has 0 saturated heterocycles. The van der Waals surface area contributed by atoms with E-state index in [9.17, 15) is 4.79 Å². The van der Waals surface area contributed by atoms with E-state index >= 15 is 0 Å². The first kappa shape index (κ1) is 14.1. The number of hydrogen-bond acceptors (Lipinski definition) is 4. The van der Waals surface area contributed by atoms with E-state index < -0.39 is 0 Å². The zero-order valence-electron chi connectivity index (χ0n) is 12.8. The van der Waals surface area contributed by atoms with Gasteiger partial charge in [-0.1, -0.05) is 17.7 Å². The Labute approximate surface area is 128 Å². The summed E-state index contributed by atoms with van der Waals surface area (Å²) < 4.78 is 1.44. The molecule has 0 amide bonds. The van der Waals surface area contributed by atoms with E-state index in [2.05, 4.69) is 29.4 Å². The predicted octanol–water partition coefficient (Wildman–Crippen LogP) is 2.95. The standard InChI is InChI=1S/C17H18N4O/c1-10-7-11(2)16(12(3)8-10)19-14-9-15(22)21-6-4-5-13(18)17(21)20-14/h4-9,19H,18H2,1-3H3.